The van der Waals surface area contributed by atoms with Gasteiger partial charge < -0.3 is 5.73 Å². The number of hydrogen-bond donors (Lipinski definition) is 1. The minimum Gasteiger partial charge on any atom is -0.323 e. The lowest BCUT2D eigenvalue weighted by molar-refractivity contribution is 0.0960. The molecule has 0 amide bonds. The molecule has 2 rings (SSSR count). The molecular weight excluding hydrogens is 244 g/mol. The van der Waals surface area contributed by atoms with Gasteiger partial charge in [-0.25, -0.2) is 0 Å². The number of likely N-dealkylation sites (tertiary alicyclic amines) is 1. The van der Waals surface area contributed by atoms with Gasteiger partial charge in [-0.15, -0.1) is 0 Å². The first kappa shape index (κ1) is 15.5. The van der Waals surface area contributed by atoms with Crippen molar-refractivity contribution in [3.8, 4) is 0 Å². The second kappa shape index (κ2) is 6.28. The Balaban J connectivity index is 2.17. The van der Waals surface area contributed by atoms with Gasteiger partial charge in [-0.3, -0.25) is 4.90 Å². The van der Waals surface area contributed by atoms with E-state index in [1.807, 2.05) is 0 Å². The maximum Gasteiger partial charge on any atom is 0.0429 e. The van der Waals surface area contributed by atoms with Gasteiger partial charge in [0.15, 0.2) is 0 Å². The van der Waals surface area contributed by atoms with E-state index in [2.05, 4.69) is 51.7 Å². The Labute approximate surface area is 124 Å². The number of hydrogen-bond acceptors (Lipinski definition) is 2. The molecule has 112 valence electrons. The van der Waals surface area contributed by atoms with Crippen LogP contribution in [0, 0.1) is 20.8 Å². The van der Waals surface area contributed by atoms with Gasteiger partial charge >= 0.3 is 0 Å². The van der Waals surface area contributed by atoms with Gasteiger partial charge in [0, 0.05) is 24.7 Å². The largest absolute Gasteiger partial charge is 0.323 e. The van der Waals surface area contributed by atoms with Gasteiger partial charge in [-0.1, -0.05) is 24.1 Å². The average molecular weight is 274 g/mol. The normalized spacial score (nSPS) is 25.7. The molecule has 0 radical (unpaired) electrons. The lowest BCUT2D eigenvalue weighted by Gasteiger charge is -2.40. The molecule has 1 aromatic carbocycles. The summed E-state index contributed by atoms with van der Waals surface area (Å²) in [5.74, 6) is 0. The second-order valence-corrected chi connectivity index (χ2v) is 6.74. The van der Waals surface area contributed by atoms with Crippen LogP contribution in [0.1, 0.15) is 61.4 Å². The highest BCUT2D eigenvalue weighted by atomic mass is 15.2. The molecule has 1 unspecified atom stereocenters. The van der Waals surface area contributed by atoms with Crippen LogP contribution in [0.5, 0.6) is 0 Å². The highest BCUT2D eigenvalue weighted by molar-refractivity contribution is 5.39. The molecule has 1 aliphatic rings. The van der Waals surface area contributed by atoms with E-state index in [1.54, 1.807) is 0 Å². The molecule has 1 heterocycles. The van der Waals surface area contributed by atoms with E-state index in [0.29, 0.717) is 12.1 Å². The molecule has 3 atom stereocenters. The third-order valence-corrected chi connectivity index (χ3v) is 4.89. The zero-order chi connectivity index (χ0) is 14.9. The predicted octanol–water partition coefficient (Wildman–Crippen LogP) is 3.87. The van der Waals surface area contributed by atoms with Crippen LogP contribution in [-0.4, -0.2) is 23.5 Å². The minimum atomic E-state index is 0.124. The quantitative estimate of drug-likeness (QED) is 0.906. The summed E-state index contributed by atoms with van der Waals surface area (Å²) in [5, 5.41) is 0. The highest BCUT2D eigenvalue weighted by Gasteiger charge is 2.27. The first-order valence-electron chi connectivity index (χ1n) is 7.99. The summed E-state index contributed by atoms with van der Waals surface area (Å²) in [4.78, 5) is 2.60. The fraction of sp³-hybridized carbons (Fsp3) is 0.667. The highest BCUT2D eigenvalue weighted by Crippen LogP contribution is 2.27. The van der Waals surface area contributed by atoms with Gasteiger partial charge in [-0.05, 0) is 64.2 Å². The standard InChI is InChI=1S/C18H30N2/c1-12-9-13(2)18(14(3)10-12)17(19)11-20-15(4)7-6-8-16(20)5/h9-10,15-17H,6-8,11,19H2,1-5H3/t15-,16+,17?. The van der Waals surface area contributed by atoms with E-state index < -0.39 is 0 Å². The van der Waals surface area contributed by atoms with Crippen molar-refractivity contribution in [2.75, 3.05) is 6.54 Å². The van der Waals surface area contributed by atoms with Crippen molar-refractivity contribution in [2.24, 2.45) is 5.73 Å². The van der Waals surface area contributed by atoms with Gasteiger partial charge in [0.2, 0.25) is 0 Å². The summed E-state index contributed by atoms with van der Waals surface area (Å²) < 4.78 is 0. The topological polar surface area (TPSA) is 29.3 Å². The van der Waals surface area contributed by atoms with Crippen LogP contribution in [0.25, 0.3) is 0 Å². The van der Waals surface area contributed by atoms with Crippen molar-refractivity contribution in [3.05, 3.63) is 34.4 Å². The summed E-state index contributed by atoms with van der Waals surface area (Å²) in [5.41, 5.74) is 11.9. The van der Waals surface area contributed by atoms with E-state index >= 15 is 0 Å². The molecule has 0 aliphatic carbocycles. The van der Waals surface area contributed by atoms with Crippen molar-refractivity contribution in [1.29, 1.82) is 0 Å². The van der Waals surface area contributed by atoms with Crippen LogP contribution >= 0.6 is 0 Å². The first-order valence-corrected chi connectivity index (χ1v) is 7.99. The number of nitrogens with two attached hydrogens (primary N) is 1. The van der Waals surface area contributed by atoms with E-state index in [-0.39, 0.29) is 6.04 Å². The molecule has 1 aliphatic heterocycles. The Bertz CT molecular complexity index is 433. The maximum absolute atomic E-state index is 6.56. The predicted molar refractivity (Wildman–Crippen MR) is 87.1 cm³/mol. The van der Waals surface area contributed by atoms with Crippen LogP contribution in [0.3, 0.4) is 0 Å². The minimum absolute atomic E-state index is 0.124. The van der Waals surface area contributed by atoms with Crippen molar-refractivity contribution in [2.45, 2.75) is 72.0 Å². The van der Waals surface area contributed by atoms with E-state index in [4.69, 9.17) is 5.73 Å². The monoisotopic (exact) mass is 274 g/mol. The molecule has 1 fully saturated rings. The SMILES string of the molecule is Cc1cc(C)c(C(N)CN2[C@H](C)CCC[C@@H]2C)c(C)c1. The van der Waals surface area contributed by atoms with Crippen molar-refractivity contribution in [1.82, 2.24) is 4.90 Å². The fourth-order valence-electron chi connectivity index (χ4n) is 3.93. The van der Waals surface area contributed by atoms with Crippen LogP contribution in [-0.2, 0) is 0 Å². The Morgan fingerprint density at radius 1 is 1.10 bits per heavy atom. The molecule has 2 N–H and O–H groups in total. The number of rotatable bonds is 3. The molecule has 0 bridgehead atoms. The van der Waals surface area contributed by atoms with E-state index in [9.17, 15) is 0 Å². The van der Waals surface area contributed by atoms with Crippen molar-refractivity contribution in [3.63, 3.8) is 0 Å². The molecule has 2 nitrogen and oxygen atoms in total. The third kappa shape index (κ3) is 3.24. The van der Waals surface area contributed by atoms with Crippen LogP contribution in [0.15, 0.2) is 12.1 Å². The molecule has 2 heteroatoms. The Morgan fingerprint density at radius 2 is 1.60 bits per heavy atom. The lowest BCUT2D eigenvalue weighted by Crippen LogP contribution is -2.47. The number of piperidine rings is 1. The fourth-order valence-corrected chi connectivity index (χ4v) is 3.93. The zero-order valence-electron chi connectivity index (χ0n) is 13.7. The van der Waals surface area contributed by atoms with Crippen LogP contribution < -0.4 is 5.73 Å². The van der Waals surface area contributed by atoms with Gasteiger partial charge in [0.1, 0.15) is 0 Å². The van der Waals surface area contributed by atoms with Gasteiger partial charge in [0.05, 0.1) is 0 Å². The molecule has 0 saturated carbocycles. The van der Waals surface area contributed by atoms with Crippen LogP contribution in [0.2, 0.25) is 0 Å². The molecule has 1 aromatic rings. The summed E-state index contributed by atoms with van der Waals surface area (Å²) in [6.45, 7) is 12.2. The maximum atomic E-state index is 6.56. The van der Waals surface area contributed by atoms with E-state index in [0.717, 1.165) is 6.54 Å². The first-order chi connectivity index (χ1) is 9.40. The number of benzene rings is 1. The Kier molecular flexibility index (Phi) is 4.87. The molecular formula is C18H30N2. The number of aryl methyl sites for hydroxylation is 3. The molecule has 0 aromatic heterocycles. The molecule has 0 spiro atoms. The molecule has 20 heavy (non-hydrogen) atoms. The van der Waals surface area contributed by atoms with Gasteiger partial charge in [-0.2, -0.15) is 0 Å². The average Bonchev–Trinajstić information content (AvgIpc) is 2.32. The Morgan fingerprint density at radius 3 is 2.10 bits per heavy atom. The summed E-state index contributed by atoms with van der Waals surface area (Å²) in [7, 11) is 0. The smallest absolute Gasteiger partial charge is 0.0429 e. The van der Waals surface area contributed by atoms with Crippen LogP contribution in [0.4, 0.5) is 0 Å². The third-order valence-electron chi connectivity index (χ3n) is 4.89. The lowest BCUT2D eigenvalue weighted by atomic mass is 9.92. The zero-order valence-corrected chi connectivity index (χ0v) is 13.7. The summed E-state index contributed by atoms with van der Waals surface area (Å²) in [6.07, 6.45) is 3.97. The van der Waals surface area contributed by atoms with Gasteiger partial charge in [0.25, 0.3) is 0 Å². The second-order valence-electron chi connectivity index (χ2n) is 6.74. The summed E-state index contributed by atoms with van der Waals surface area (Å²) >= 11 is 0. The van der Waals surface area contributed by atoms with Crippen molar-refractivity contribution >= 4 is 0 Å². The molecule has 1 saturated heterocycles. The summed E-state index contributed by atoms with van der Waals surface area (Å²) in [6, 6.07) is 5.96. The Hall–Kier alpha value is -0.860. The number of nitrogens with zero attached hydrogens (tertiary/aromatic N) is 1. The van der Waals surface area contributed by atoms with Crippen molar-refractivity contribution < 1.29 is 0 Å². The van der Waals surface area contributed by atoms with E-state index in [1.165, 1.54) is 41.5 Å².